The van der Waals surface area contributed by atoms with Crippen molar-refractivity contribution in [3.63, 3.8) is 0 Å². The third-order valence-corrected chi connectivity index (χ3v) is 8.43. The van der Waals surface area contributed by atoms with E-state index in [1.165, 1.54) is 6.26 Å². The Kier molecular flexibility index (Phi) is 9.44. The molecule has 0 aromatic heterocycles. The molecule has 1 aliphatic heterocycles. The van der Waals surface area contributed by atoms with Crippen molar-refractivity contribution >= 4 is 15.8 Å². The molecular weight excluding hydrogens is 580 g/mol. The van der Waals surface area contributed by atoms with Crippen LogP contribution < -0.4 is 24.1 Å². The molecule has 8 nitrogen and oxygen atoms in total. The third kappa shape index (κ3) is 7.90. The zero-order chi connectivity index (χ0) is 31.3. The SMILES string of the molecule is Cc1cc(OCCCS(C)(=O)=O)cc(C)c1-c1cc(COc2ccc3c(c2)OC[C@H]3CC(=O)[O-])ccc1Oc1ccccc1. The maximum absolute atomic E-state index is 11.5. The molecule has 0 saturated carbocycles. The van der Waals surface area contributed by atoms with Crippen LogP contribution in [0.5, 0.6) is 28.7 Å². The molecule has 9 heteroatoms. The molecule has 0 saturated heterocycles. The number of hydrogen-bond donors (Lipinski definition) is 0. The van der Waals surface area contributed by atoms with Gasteiger partial charge in [0.05, 0.1) is 19.0 Å². The summed E-state index contributed by atoms with van der Waals surface area (Å²) < 4.78 is 47.0. The summed E-state index contributed by atoms with van der Waals surface area (Å²) in [5, 5.41) is 11.1. The molecule has 1 atom stereocenters. The summed E-state index contributed by atoms with van der Waals surface area (Å²) in [6, 6.07) is 24.9. The zero-order valence-electron chi connectivity index (χ0n) is 25.0. The maximum atomic E-state index is 11.5. The smallest absolute Gasteiger partial charge is 0.147 e. The van der Waals surface area contributed by atoms with Crippen molar-refractivity contribution in [2.24, 2.45) is 0 Å². The van der Waals surface area contributed by atoms with Crippen molar-refractivity contribution in [2.75, 3.05) is 25.2 Å². The summed E-state index contributed by atoms with van der Waals surface area (Å²) in [5.41, 5.74) is 5.65. The largest absolute Gasteiger partial charge is 0.550 e. The van der Waals surface area contributed by atoms with Crippen molar-refractivity contribution in [3.8, 4) is 39.9 Å². The van der Waals surface area contributed by atoms with Crippen molar-refractivity contribution in [1.82, 2.24) is 0 Å². The van der Waals surface area contributed by atoms with Crippen LogP contribution in [-0.4, -0.2) is 39.6 Å². The first kappa shape index (κ1) is 30.9. The molecule has 0 amide bonds. The minimum absolute atomic E-state index is 0.0808. The Morgan fingerprint density at radius 1 is 0.909 bits per heavy atom. The highest BCUT2D eigenvalue weighted by Gasteiger charge is 2.25. The maximum Gasteiger partial charge on any atom is 0.147 e. The molecule has 0 unspecified atom stereocenters. The molecule has 0 aliphatic carbocycles. The van der Waals surface area contributed by atoms with Gasteiger partial charge in [0, 0.05) is 35.3 Å². The van der Waals surface area contributed by atoms with E-state index in [4.69, 9.17) is 18.9 Å². The third-order valence-electron chi connectivity index (χ3n) is 7.40. The highest BCUT2D eigenvalue weighted by molar-refractivity contribution is 7.90. The van der Waals surface area contributed by atoms with E-state index in [-0.39, 0.29) is 18.1 Å². The van der Waals surface area contributed by atoms with Crippen LogP contribution >= 0.6 is 0 Å². The van der Waals surface area contributed by atoms with Gasteiger partial charge >= 0.3 is 0 Å². The average molecular weight is 616 g/mol. The normalized spacial score (nSPS) is 14.0. The van der Waals surface area contributed by atoms with Gasteiger partial charge in [-0.15, -0.1) is 0 Å². The molecule has 1 heterocycles. The molecule has 5 rings (SSSR count). The minimum atomic E-state index is -3.04. The van der Waals surface area contributed by atoms with E-state index in [9.17, 15) is 18.3 Å². The van der Waals surface area contributed by atoms with Crippen LogP contribution in [0.15, 0.2) is 78.9 Å². The van der Waals surface area contributed by atoms with E-state index in [0.29, 0.717) is 55.0 Å². The number of hydrogen-bond acceptors (Lipinski definition) is 8. The summed E-state index contributed by atoms with van der Waals surface area (Å²) in [6.45, 7) is 4.94. The lowest BCUT2D eigenvalue weighted by atomic mass is 9.93. The number of ether oxygens (including phenoxy) is 4. The summed E-state index contributed by atoms with van der Waals surface area (Å²) in [5.74, 6) is 2.10. The number of rotatable bonds is 13. The number of sulfone groups is 1. The second-order valence-corrected chi connectivity index (χ2v) is 13.3. The van der Waals surface area contributed by atoms with Crippen molar-refractivity contribution in [1.29, 1.82) is 0 Å². The van der Waals surface area contributed by atoms with Crippen LogP contribution in [0, 0.1) is 13.8 Å². The number of carboxylic acid groups (broad SMARTS) is 1. The molecule has 4 aromatic rings. The fourth-order valence-electron chi connectivity index (χ4n) is 5.39. The Morgan fingerprint density at radius 2 is 1.66 bits per heavy atom. The lowest BCUT2D eigenvalue weighted by molar-refractivity contribution is -0.306. The highest BCUT2D eigenvalue weighted by Crippen LogP contribution is 2.41. The Balaban J connectivity index is 1.38. The average Bonchev–Trinajstić information content (AvgIpc) is 3.36. The van der Waals surface area contributed by atoms with Gasteiger partial charge in [0.1, 0.15) is 45.2 Å². The number of carboxylic acids is 1. The topological polar surface area (TPSA) is 111 Å². The molecule has 0 N–H and O–H groups in total. The van der Waals surface area contributed by atoms with Gasteiger partial charge in [-0.05, 0) is 91.4 Å². The van der Waals surface area contributed by atoms with Crippen LogP contribution in [0.1, 0.15) is 41.0 Å². The van der Waals surface area contributed by atoms with Crippen molar-refractivity contribution in [3.05, 3.63) is 101 Å². The standard InChI is InChI=1S/C35H36O8S/c1-23-16-29(40-14-7-15-44(3,38)39)17-24(2)35(23)31-18-25(10-13-32(31)43-27-8-5-4-6-9-27)21-41-28-11-12-30-26(19-34(36)37)22-42-33(30)20-28/h4-6,8-13,16-18,20,26H,7,14-15,19,21-22H2,1-3H3,(H,36,37)/p-1/t26-/m1/s1. The number of para-hydroxylation sites is 1. The van der Waals surface area contributed by atoms with E-state index in [0.717, 1.165) is 33.4 Å². The molecular formula is C35H35O8S-. The van der Waals surface area contributed by atoms with Crippen LogP contribution in [0.2, 0.25) is 0 Å². The molecule has 230 valence electrons. The van der Waals surface area contributed by atoms with Crippen molar-refractivity contribution < 1.29 is 37.3 Å². The summed E-state index contributed by atoms with van der Waals surface area (Å²) in [4.78, 5) is 11.1. The fraction of sp³-hybridized carbons (Fsp3) is 0.286. The first-order chi connectivity index (χ1) is 21.1. The number of carbonyl (C=O) groups excluding carboxylic acids is 1. The molecule has 4 aromatic carbocycles. The second kappa shape index (κ2) is 13.4. The van der Waals surface area contributed by atoms with Gasteiger partial charge in [-0.2, -0.15) is 0 Å². The minimum Gasteiger partial charge on any atom is -0.550 e. The van der Waals surface area contributed by atoms with E-state index >= 15 is 0 Å². The van der Waals surface area contributed by atoms with Gasteiger partial charge in [0.15, 0.2) is 0 Å². The monoisotopic (exact) mass is 615 g/mol. The van der Waals surface area contributed by atoms with E-state index in [1.54, 1.807) is 6.07 Å². The molecule has 0 fully saturated rings. The lowest BCUT2D eigenvalue weighted by Crippen LogP contribution is -2.24. The highest BCUT2D eigenvalue weighted by atomic mass is 32.2. The summed E-state index contributed by atoms with van der Waals surface area (Å²) in [7, 11) is -3.04. The summed E-state index contributed by atoms with van der Waals surface area (Å²) >= 11 is 0. The first-order valence-corrected chi connectivity index (χ1v) is 16.5. The van der Waals surface area contributed by atoms with E-state index < -0.39 is 15.8 Å². The summed E-state index contributed by atoms with van der Waals surface area (Å²) in [6.07, 6.45) is 1.57. The van der Waals surface area contributed by atoms with Crippen LogP contribution in [0.4, 0.5) is 0 Å². The van der Waals surface area contributed by atoms with Gasteiger partial charge in [0.2, 0.25) is 0 Å². The second-order valence-electron chi connectivity index (χ2n) is 11.1. The van der Waals surface area contributed by atoms with Gasteiger partial charge in [0.25, 0.3) is 0 Å². The van der Waals surface area contributed by atoms with Crippen molar-refractivity contribution in [2.45, 2.75) is 39.2 Å². The van der Waals surface area contributed by atoms with Gasteiger partial charge in [-0.3, -0.25) is 0 Å². The van der Waals surface area contributed by atoms with Gasteiger partial charge in [-0.1, -0.05) is 30.3 Å². The predicted octanol–water partition coefficient (Wildman–Crippen LogP) is 5.77. The number of fused-ring (bicyclic) bond motifs is 1. The van der Waals surface area contributed by atoms with E-state index in [2.05, 4.69) is 6.07 Å². The zero-order valence-corrected chi connectivity index (χ0v) is 25.8. The van der Waals surface area contributed by atoms with Crippen LogP contribution in [0.25, 0.3) is 11.1 Å². The predicted molar refractivity (Wildman–Crippen MR) is 166 cm³/mol. The molecule has 1 aliphatic rings. The van der Waals surface area contributed by atoms with Crippen LogP contribution in [0.3, 0.4) is 0 Å². The lowest BCUT2D eigenvalue weighted by Gasteiger charge is -2.18. The molecule has 0 spiro atoms. The van der Waals surface area contributed by atoms with Gasteiger partial charge in [-0.25, -0.2) is 8.42 Å². The molecule has 0 bridgehead atoms. The van der Waals surface area contributed by atoms with Gasteiger partial charge < -0.3 is 28.8 Å². The van der Waals surface area contributed by atoms with Crippen LogP contribution in [-0.2, 0) is 21.2 Å². The number of carbonyl (C=O) groups is 1. The number of aliphatic carboxylic acids is 1. The van der Waals surface area contributed by atoms with E-state index in [1.807, 2.05) is 80.6 Å². The first-order valence-electron chi connectivity index (χ1n) is 14.4. The quantitative estimate of drug-likeness (QED) is 0.174. The Labute approximate surface area is 258 Å². The Hall–Kier alpha value is -4.50. The Bertz CT molecular complexity index is 1730. The number of benzene rings is 4. The molecule has 0 radical (unpaired) electrons. The fourth-order valence-corrected chi connectivity index (χ4v) is 6.04. The molecule has 44 heavy (non-hydrogen) atoms. The Morgan fingerprint density at radius 3 is 2.36 bits per heavy atom. The number of aryl methyl sites for hydroxylation is 2.